The van der Waals surface area contributed by atoms with Gasteiger partial charge in [-0.25, -0.2) is 4.79 Å². The van der Waals surface area contributed by atoms with Crippen LogP contribution >= 0.6 is 0 Å². The lowest BCUT2D eigenvalue weighted by Crippen LogP contribution is -2.11. The Labute approximate surface area is 108 Å². The Bertz CT molecular complexity index is 387. The highest BCUT2D eigenvalue weighted by Gasteiger charge is 2.12. The summed E-state index contributed by atoms with van der Waals surface area (Å²) in [6, 6.07) is 5.50. The van der Waals surface area contributed by atoms with E-state index in [9.17, 15) is 4.79 Å². The van der Waals surface area contributed by atoms with E-state index in [2.05, 4.69) is 0 Å². The molecule has 1 aromatic rings. The largest absolute Gasteiger partial charge is 0.379 e. The normalized spacial score (nSPS) is 10.4. The van der Waals surface area contributed by atoms with Crippen molar-refractivity contribution in [2.75, 3.05) is 19.8 Å². The molecule has 0 spiro atoms. The SMILES string of the molecule is CCCOCCOOC(=O)c1cccc(C)c1C. The standard InChI is InChI=1S/C14H20O4/c1-4-8-16-9-10-17-18-14(15)13-7-5-6-11(2)12(13)3/h5-7H,4,8-10H2,1-3H3. The van der Waals surface area contributed by atoms with Gasteiger partial charge in [-0.15, -0.1) is 0 Å². The molecule has 4 heteroatoms. The summed E-state index contributed by atoms with van der Waals surface area (Å²) in [5, 5.41) is 0. The Morgan fingerprint density at radius 3 is 2.67 bits per heavy atom. The molecule has 18 heavy (non-hydrogen) atoms. The molecule has 1 rings (SSSR count). The molecular weight excluding hydrogens is 232 g/mol. The molecule has 0 fully saturated rings. The molecule has 100 valence electrons. The third kappa shape index (κ3) is 4.47. The van der Waals surface area contributed by atoms with Crippen molar-refractivity contribution in [3.05, 3.63) is 34.9 Å². The maximum atomic E-state index is 11.7. The third-order valence-electron chi connectivity index (χ3n) is 2.62. The number of carbonyl (C=O) groups excluding carboxylic acids is 1. The fraction of sp³-hybridized carbons (Fsp3) is 0.500. The molecule has 0 radical (unpaired) electrons. The van der Waals surface area contributed by atoms with Gasteiger partial charge in [0.2, 0.25) is 0 Å². The number of aryl methyl sites for hydroxylation is 1. The molecule has 0 heterocycles. The highest BCUT2D eigenvalue weighted by molar-refractivity contribution is 5.90. The molecule has 0 aliphatic heterocycles. The molecule has 0 saturated carbocycles. The highest BCUT2D eigenvalue weighted by Crippen LogP contribution is 2.13. The van der Waals surface area contributed by atoms with Crippen LogP contribution in [0.1, 0.15) is 34.8 Å². The minimum absolute atomic E-state index is 0.247. The molecule has 0 N–H and O–H groups in total. The van der Waals surface area contributed by atoms with Gasteiger partial charge in [0.05, 0.1) is 12.2 Å². The van der Waals surface area contributed by atoms with Gasteiger partial charge in [-0.2, -0.15) is 4.89 Å². The van der Waals surface area contributed by atoms with E-state index in [4.69, 9.17) is 14.5 Å². The Morgan fingerprint density at radius 1 is 1.17 bits per heavy atom. The lowest BCUT2D eigenvalue weighted by Gasteiger charge is -2.07. The van der Waals surface area contributed by atoms with E-state index < -0.39 is 5.97 Å². The zero-order valence-corrected chi connectivity index (χ0v) is 11.2. The maximum absolute atomic E-state index is 11.7. The van der Waals surface area contributed by atoms with Gasteiger partial charge in [0.15, 0.2) is 0 Å². The quantitative estimate of drug-likeness (QED) is 0.425. The van der Waals surface area contributed by atoms with Crippen molar-refractivity contribution in [1.29, 1.82) is 0 Å². The van der Waals surface area contributed by atoms with Crippen molar-refractivity contribution in [1.82, 2.24) is 0 Å². The van der Waals surface area contributed by atoms with Gasteiger partial charge >= 0.3 is 5.97 Å². The second kappa shape index (κ2) is 7.84. The molecule has 0 amide bonds. The van der Waals surface area contributed by atoms with E-state index in [-0.39, 0.29) is 6.61 Å². The van der Waals surface area contributed by atoms with Gasteiger partial charge in [-0.05, 0) is 37.5 Å². The summed E-state index contributed by atoms with van der Waals surface area (Å²) in [7, 11) is 0. The number of rotatable bonds is 7. The van der Waals surface area contributed by atoms with Crippen LogP contribution in [0, 0.1) is 13.8 Å². The van der Waals surface area contributed by atoms with Crippen LogP contribution in [0.4, 0.5) is 0 Å². The van der Waals surface area contributed by atoms with Crippen molar-refractivity contribution in [2.24, 2.45) is 0 Å². The van der Waals surface area contributed by atoms with Crippen LogP contribution in [0.3, 0.4) is 0 Å². The predicted octanol–water partition coefficient (Wildman–Crippen LogP) is 2.82. The summed E-state index contributed by atoms with van der Waals surface area (Å²) in [5.41, 5.74) is 2.49. The third-order valence-corrected chi connectivity index (χ3v) is 2.62. The van der Waals surface area contributed by atoms with E-state index in [0.29, 0.717) is 18.8 Å². The Morgan fingerprint density at radius 2 is 1.94 bits per heavy atom. The topological polar surface area (TPSA) is 44.8 Å². The number of hydrogen-bond donors (Lipinski definition) is 0. The first-order valence-electron chi connectivity index (χ1n) is 6.14. The van der Waals surface area contributed by atoms with Crippen LogP contribution in [0.5, 0.6) is 0 Å². The molecule has 4 nitrogen and oxygen atoms in total. The Hall–Kier alpha value is -1.39. The molecule has 0 atom stereocenters. The first-order chi connectivity index (χ1) is 8.66. The van der Waals surface area contributed by atoms with Crippen LogP contribution in [0.15, 0.2) is 18.2 Å². The molecule has 0 unspecified atom stereocenters. The van der Waals surface area contributed by atoms with Gasteiger partial charge in [0, 0.05) is 6.61 Å². The lowest BCUT2D eigenvalue weighted by molar-refractivity contribution is -0.247. The van der Waals surface area contributed by atoms with Crippen LogP contribution < -0.4 is 0 Å². The minimum Gasteiger partial charge on any atom is -0.379 e. The predicted molar refractivity (Wildman–Crippen MR) is 68.4 cm³/mol. The van der Waals surface area contributed by atoms with Crippen molar-refractivity contribution < 1.29 is 19.3 Å². The average Bonchev–Trinajstić information content (AvgIpc) is 2.36. The Kier molecular flexibility index (Phi) is 6.39. The molecule has 0 aliphatic carbocycles. The van der Waals surface area contributed by atoms with Crippen LogP contribution in [0.2, 0.25) is 0 Å². The summed E-state index contributed by atoms with van der Waals surface area (Å²) in [4.78, 5) is 21.3. The Balaban J connectivity index is 2.35. The van der Waals surface area contributed by atoms with Crippen molar-refractivity contribution in [3.63, 3.8) is 0 Å². The zero-order chi connectivity index (χ0) is 13.4. The summed E-state index contributed by atoms with van der Waals surface area (Å²) < 4.78 is 5.20. The van der Waals surface area contributed by atoms with Gasteiger partial charge in [-0.3, -0.25) is 4.89 Å². The van der Waals surface area contributed by atoms with Crippen LogP contribution in [-0.4, -0.2) is 25.8 Å². The van der Waals surface area contributed by atoms with Gasteiger partial charge in [-0.1, -0.05) is 19.1 Å². The molecule has 0 saturated heterocycles. The lowest BCUT2D eigenvalue weighted by atomic mass is 10.0. The molecule has 0 aliphatic rings. The minimum atomic E-state index is -0.466. The molecule has 0 bridgehead atoms. The zero-order valence-electron chi connectivity index (χ0n) is 11.2. The smallest absolute Gasteiger partial charge is 0.373 e. The van der Waals surface area contributed by atoms with E-state index >= 15 is 0 Å². The van der Waals surface area contributed by atoms with E-state index in [1.807, 2.05) is 32.9 Å². The fourth-order valence-electron chi connectivity index (χ4n) is 1.45. The molecule has 1 aromatic carbocycles. The van der Waals surface area contributed by atoms with Gasteiger partial charge in [0.1, 0.15) is 6.61 Å². The van der Waals surface area contributed by atoms with Gasteiger partial charge < -0.3 is 4.74 Å². The van der Waals surface area contributed by atoms with Crippen molar-refractivity contribution in [3.8, 4) is 0 Å². The highest BCUT2D eigenvalue weighted by atomic mass is 17.2. The maximum Gasteiger partial charge on any atom is 0.373 e. The number of hydrogen-bond acceptors (Lipinski definition) is 4. The summed E-state index contributed by atoms with van der Waals surface area (Å²) >= 11 is 0. The number of benzene rings is 1. The summed E-state index contributed by atoms with van der Waals surface area (Å²) in [5.74, 6) is -0.466. The molecule has 0 aromatic heterocycles. The van der Waals surface area contributed by atoms with E-state index in [1.165, 1.54) is 0 Å². The number of carbonyl (C=O) groups is 1. The van der Waals surface area contributed by atoms with Crippen molar-refractivity contribution in [2.45, 2.75) is 27.2 Å². The average molecular weight is 252 g/mol. The van der Waals surface area contributed by atoms with Crippen LogP contribution in [0.25, 0.3) is 0 Å². The van der Waals surface area contributed by atoms with E-state index in [0.717, 1.165) is 17.5 Å². The summed E-state index contributed by atoms with van der Waals surface area (Å²) in [6.07, 6.45) is 0.961. The van der Waals surface area contributed by atoms with Crippen molar-refractivity contribution >= 4 is 5.97 Å². The number of ether oxygens (including phenoxy) is 1. The fourth-order valence-corrected chi connectivity index (χ4v) is 1.45. The first kappa shape index (κ1) is 14.7. The second-order valence-corrected chi connectivity index (χ2v) is 4.05. The van der Waals surface area contributed by atoms with E-state index in [1.54, 1.807) is 6.07 Å². The van der Waals surface area contributed by atoms with Crippen LogP contribution in [-0.2, 0) is 14.5 Å². The first-order valence-corrected chi connectivity index (χ1v) is 6.14. The second-order valence-electron chi connectivity index (χ2n) is 4.05. The molecular formula is C14H20O4. The monoisotopic (exact) mass is 252 g/mol. The summed E-state index contributed by atoms with van der Waals surface area (Å²) in [6.45, 7) is 7.22. The van der Waals surface area contributed by atoms with Gasteiger partial charge in [0.25, 0.3) is 0 Å².